The second-order valence-electron chi connectivity index (χ2n) is 5.63. The van der Waals surface area contributed by atoms with Crippen LogP contribution in [0.3, 0.4) is 0 Å². The van der Waals surface area contributed by atoms with E-state index < -0.39 is 0 Å². The first-order chi connectivity index (χ1) is 10.8. The Kier molecular flexibility index (Phi) is 2.12. The summed E-state index contributed by atoms with van der Waals surface area (Å²) in [4.78, 5) is 17.1. The zero-order chi connectivity index (χ0) is 14.7. The van der Waals surface area contributed by atoms with Crippen molar-refractivity contribution in [1.29, 1.82) is 0 Å². The monoisotopic (exact) mass is 281 g/mol. The highest BCUT2D eigenvalue weighted by Gasteiger charge is 2.26. The van der Waals surface area contributed by atoms with E-state index in [0.29, 0.717) is 0 Å². The standard InChI is InChI=1S/C20H11NO/c22-20-15-6-2-1-5-14(15)17-10-13-8-7-12-4-3-9-21-19(12)16(13)11-18(17)20/h1-11H. The molecule has 0 fully saturated rings. The highest BCUT2D eigenvalue weighted by molar-refractivity contribution is 6.24. The Morgan fingerprint density at radius 2 is 1.50 bits per heavy atom. The predicted molar refractivity (Wildman–Crippen MR) is 88.1 cm³/mol. The van der Waals surface area contributed by atoms with Crippen molar-refractivity contribution in [3.05, 3.63) is 78.0 Å². The average Bonchev–Trinajstić information content (AvgIpc) is 2.86. The van der Waals surface area contributed by atoms with Crippen LogP contribution in [-0.4, -0.2) is 10.8 Å². The van der Waals surface area contributed by atoms with E-state index in [9.17, 15) is 4.79 Å². The quantitative estimate of drug-likeness (QED) is 0.388. The normalized spacial score (nSPS) is 12.6. The van der Waals surface area contributed by atoms with Crippen molar-refractivity contribution in [3.63, 3.8) is 0 Å². The van der Waals surface area contributed by atoms with Crippen LogP contribution in [0.2, 0.25) is 0 Å². The summed E-state index contributed by atoms with van der Waals surface area (Å²) in [6.07, 6.45) is 1.80. The Morgan fingerprint density at radius 3 is 2.41 bits per heavy atom. The molecule has 0 bridgehead atoms. The van der Waals surface area contributed by atoms with Gasteiger partial charge in [0.05, 0.1) is 5.52 Å². The number of hydrogen-bond acceptors (Lipinski definition) is 2. The minimum Gasteiger partial charge on any atom is -0.289 e. The smallest absolute Gasteiger partial charge is 0.194 e. The minimum atomic E-state index is 0.112. The number of ketones is 1. The third-order valence-electron chi connectivity index (χ3n) is 4.43. The molecule has 0 radical (unpaired) electrons. The molecule has 2 heteroatoms. The van der Waals surface area contributed by atoms with Gasteiger partial charge < -0.3 is 0 Å². The van der Waals surface area contributed by atoms with Gasteiger partial charge in [0.1, 0.15) is 0 Å². The maximum absolute atomic E-state index is 12.6. The summed E-state index contributed by atoms with van der Waals surface area (Å²) in [6, 6.07) is 20.1. The molecule has 0 spiro atoms. The lowest BCUT2D eigenvalue weighted by Crippen LogP contribution is -1.95. The summed E-state index contributed by atoms with van der Waals surface area (Å²) in [5, 5.41) is 3.25. The molecule has 0 atom stereocenters. The summed E-state index contributed by atoms with van der Waals surface area (Å²) in [5.41, 5.74) is 4.59. The van der Waals surface area contributed by atoms with E-state index in [1.807, 2.05) is 42.5 Å². The van der Waals surface area contributed by atoms with Crippen molar-refractivity contribution in [2.45, 2.75) is 0 Å². The largest absolute Gasteiger partial charge is 0.289 e. The Bertz CT molecular complexity index is 1100. The van der Waals surface area contributed by atoms with E-state index in [2.05, 4.69) is 23.2 Å². The lowest BCUT2D eigenvalue weighted by molar-refractivity contribution is 0.104. The molecule has 1 heterocycles. The van der Waals surface area contributed by atoms with Gasteiger partial charge in [0.15, 0.2) is 5.78 Å². The summed E-state index contributed by atoms with van der Waals surface area (Å²) in [6.45, 7) is 0. The highest BCUT2D eigenvalue weighted by Crippen LogP contribution is 2.39. The summed E-state index contributed by atoms with van der Waals surface area (Å²) >= 11 is 0. The molecule has 22 heavy (non-hydrogen) atoms. The van der Waals surface area contributed by atoms with E-state index >= 15 is 0 Å². The van der Waals surface area contributed by atoms with Crippen LogP contribution in [0.5, 0.6) is 0 Å². The molecule has 0 aliphatic heterocycles. The number of carbonyl (C=O) groups is 1. The molecule has 1 aliphatic rings. The number of pyridine rings is 1. The van der Waals surface area contributed by atoms with E-state index in [1.165, 1.54) is 0 Å². The third kappa shape index (κ3) is 1.39. The number of hydrogen-bond donors (Lipinski definition) is 0. The number of fused-ring (bicyclic) bond motifs is 6. The Balaban J connectivity index is 1.94. The molecule has 5 rings (SSSR count). The summed E-state index contributed by atoms with van der Waals surface area (Å²) < 4.78 is 0. The van der Waals surface area contributed by atoms with Crippen LogP contribution >= 0.6 is 0 Å². The molecule has 102 valence electrons. The maximum Gasteiger partial charge on any atom is 0.194 e. The topological polar surface area (TPSA) is 30.0 Å². The van der Waals surface area contributed by atoms with Crippen molar-refractivity contribution in [2.24, 2.45) is 0 Å². The van der Waals surface area contributed by atoms with Crippen LogP contribution in [0, 0.1) is 0 Å². The minimum absolute atomic E-state index is 0.112. The first-order valence-corrected chi connectivity index (χ1v) is 7.28. The molecule has 2 nitrogen and oxygen atoms in total. The molecule has 0 N–H and O–H groups in total. The summed E-state index contributed by atoms with van der Waals surface area (Å²) in [5.74, 6) is 0.112. The first kappa shape index (κ1) is 11.6. The zero-order valence-electron chi connectivity index (χ0n) is 11.7. The molecule has 0 amide bonds. The van der Waals surface area contributed by atoms with Crippen molar-refractivity contribution in [3.8, 4) is 11.1 Å². The van der Waals surface area contributed by atoms with Crippen LogP contribution in [0.4, 0.5) is 0 Å². The number of nitrogens with zero attached hydrogens (tertiary/aromatic N) is 1. The van der Waals surface area contributed by atoms with Crippen LogP contribution in [0.1, 0.15) is 15.9 Å². The Morgan fingerprint density at radius 1 is 0.682 bits per heavy atom. The van der Waals surface area contributed by atoms with Crippen molar-refractivity contribution < 1.29 is 4.79 Å². The fraction of sp³-hybridized carbons (Fsp3) is 0. The maximum atomic E-state index is 12.6. The fourth-order valence-corrected chi connectivity index (χ4v) is 3.39. The van der Waals surface area contributed by atoms with Gasteiger partial charge in [-0.05, 0) is 34.7 Å². The molecule has 1 aromatic heterocycles. The molecule has 1 aliphatic carbocycles. The van der Waals surface area contributed by atoms with Gasteiger partial charge in [-0.3, -0.25) is 9.78 Å². The highest BCUT2D eigenvalue weighted by atomic mass is 16.1. The van der Waals surface area contributed by atoms with E-state index in [4.69, 9.17) is 0 Å². The van der Waals surface area contributed by atoms with Crippen molar-refractivity contribution >= 4 is 27.5 Å². The molecule has 0 unspecified atom stereocenters. The Hall–Kier alpha value is -3.00. The van der Waals surface area contributed by atoms with Crippen molar-refractivity contribution in [1.82, 2.24) is 4.98 Å². The van der Waals surface area contributed by atoms with Gasteiger partial charge in [0.25, 0.3) is 0 Å². The van der Waals surface area contributed by atoms with E-state index in [-0.39, 0.29) is 5.78 Å². The van der Waals surface area contributed by atoms with Crippen molar-refractivity contribution in [2.75, 3.05) is 0 Å². The van der Waals surface area contributed by atoms with Gasteiger partial charge in [-0.2, -0.15) is 0 Å². The second-order valence-corrected chi connectivity index (χ2v) is 5.63. The third-order valence-corrected chi connectivity index (χ3v) is 4.43. The number of carbonyl (C=O) groups excluding carboxylic acids is 1. The summed E-state index contributed by atoms with van der Waals surface area (Å²) in [7, 11) is 0. The molecular formula is C20H11NO. The van der Waals surface area contributed by atoms with Crippen LogP contribution in [-0.2, 0) is 0 Å². The molecule has 4 aromatic rings. The molecular weight excluding hydrogens is 270 g/mol. The lowest BCUT2D eigenvalue weighted by Gasteiger charge is -2.06. The van der Waals surface area contributed by atoms with Gasteiger partial charge in [-0.15, -0.1) is 0 Å². The zero-order valence-corrected chi connectivity index (χ0v) is 11.7. The van der Waals surface area contributed by atoms with Gasteiger partial charge in [0, 0.05) is 28.1 Å². The van der Waals surface area contributed by atoms with Gasteiger partial charge in [-0.25, -0.2) is 0 Å². The second kappa shape index (κ2) is 4.01. The van der Waals surface area contributed by atoms with Gasteiger partial charge in [-0.1, -0.05) is 42.5 Å². The SMILES string of the molecule is O=C1c2ccccc2-c2cc3ccc4cccnc4c3cc21. The number of rotatable bonds is 0. The van der Waals surface area contributed by atoms with Crippen LogP contribution in [0.25, 0.3) is 32.8 Å². The number of benzene rings is 3. The molecule has 0 saturated carbocycles. The van der Waals surface area contributed by atoms with Crippen LogP contribution in [0.15, 0.2) is 66.9 Å². The fourth-order valence-electron chi connectivity index (χ4n) is 3.39. The average molecular weight is 281 g/mol. The van der Waals surface area contributed by atoms with Gasteiger partial charge >= 0.3 is 0 Å². The van der Waals surface area contributed by atoms with E-state index in [1.54, 1.807) is 6.20 Å². The molecule has 3 aromatic carbocycles. The Labute approximate surface area is 127 Å². The lowest BCUT2D eigenvalue weighted by atomic mass is 9.98. The first-order valence-electron chi connectivity index (χ1n) is 7.28. The predicted octanol–water partition coefficient (Wildman–Crippen LogP) is 4.60. The van der Waals surface area contributed by atoms with E-state index in [0.717, 1.165) is 43.9 Å². The van der Waals surface area contributed by atoms with Gasteiger partial charge in [0.2, 0.25) is 0 Å². The molecule has 0 saturated heterocycles. The number of aromatic nitrogens is 1. The van der Waals surface area contributed by atoms with Crippen LogP contribution < -0.4 is 0 Å².